The first kappa shape index (κ1) is 20.3. The van der Waals surface area contributed by atoms with Crippen LogP contribution in [0.25, 0.3) is 16.6 Å². The van der Waals surface area contributed by atoms with Gasteiger partial charge in [0.15, 0.2) is 0 Å². The quantitative estimate of drug-likeness (QED) is 0.620. The number of amides is 1. The number of rotatable bonds is 7. The summed E-state index contributed by atoms with van der Waals surface area (Å²) in [7, 11) is -3.63. The normalized spacial score (nSPS) is 14.3. The minimum Gasteiger partial charge on any atom is -0.477 e. The van der Waals surface area contributed by atoms with Crippen LogP contribution in [0.3, 0.4) is 0 Å². The molecule has 1 aliphatic carbocycles. The summed E-state index contributed by atoms with van der Waals surface area (Å²) in [5, 5.41) is 5.63. The van der Waals surface area contributed by atoms with E-state index in [9.17, 15) is 13.2 Å². The third-order valence-electron chi connectivity index (χ3n) is 4.74. The molecule has 0 spiro atoms. The number of carbonyl (C=O) groups excluding carboxylic acids is 1. The third kappa shape index (κ3) is 4.46. The number of fused-ring (bicyclic) bond motifs is 1. The van der Waals surface area contributed by atoms with Gasteiger partial charge in [0.2, 0.25) is 15.9 Å². The molecule has 30 heavy (non-hydrogen) atoms. The highest BCUT2D eigenvalue weighted by molar-refractivity contribution is 7.89. The van der Waals surface area contributed by atoms with Gasteiger partial charge in [0.25, 0.3) is 5.91 Å². The fraction of sp³-hybridized carbons (Fsp3) is 0.381. The van der Waals surface area contributed by atoms with Gasteiger partial charge in [0.05, 0.1) is 36.0 Å². The van der Waals surface area contributed by atoms with Crippen LogP contribution in [0.15, 0.2) is 36.5 Å². The summed E-state index contributed by atoms with van der Waals surface area (Å²) in [6, 6.07) is 8.81. The molecular weight excluding hydrogens is 404 g/mol. The minimum absolute atomic E-state index is 0.282. The van der Waals surface area contributed by atoms with Gasteiger partial charge in [0.1, 0.15) is 0 Å². The fourth-order valence-electron chi connectivity index (χ4n) is 3.20. The lowest BCUT2D eigenvalue weighted by atomic mass is 10.1. The number of sulfonamides is 1. The Morgan fingerprint density at radius 3 is 2.63 bits per heavy atom. The molecule has 8 nitrogen and oxygen atoms in total. The second-order valence-electron chi connectivity index (χ2n) is 8.07. The van der Waals surface area contributed by atoms with Crippen LogP contribution in [0.4, 0.5) is 0 Å². The highest BCUT2D eigenvalue weighted by Gasteiger charge is 2.30. The number of carbonyl (C=O) groups is 1. The van der Waals surface area contributed by atoms with Gasteiger partial charge >= 0.3 is 0 Å². The molecule has 1 fully saturated rings. The van der Waals surface area contributed by atoms with Crippen LogP contribution in [-0.2, 0) is 10.0 Å². The number of nitrogens with zero attached hydrogens (tertiary/aromatic N) is 3. The van der Waals surface area contributed by atoms with Gasteiger partial charge in [-0.2, -0.15) is 5.10 Å². The van der Waals surface area contributed by atoms with Crippen molar-refractivity contribution in [1.82, 2.24) is 19.5 Å². The molecule has 0 radical (unpaired) electrons. The van der Waals surface area contributed by atoms with E-state index in [4.69, 9.17) is 9.84 Å². The summed E-state index contributed by atoms with van der Waals surface area (Å²) in [6.45, 7) is 4.75. The second kappa shape index (κ2) is 7.71. The Kier molecular flexibility index (Phi) is 5.23. The average molecular weight is 429 g/mol. The summed E-state index contributed by atoms with van der Waals surface area (Å²) in [6.07, 6.45) is 4.76. The molecule has 0 saturated heterocycles. The molecule has 1 saturated carbocycles. The first-order valence-corrected chi connectivity index (χ1v) is 11.7. The van der Waals surface area contributed by atoms with Crippen LogP contribution in [0.1, 0.15) is 48.7 Å². The highest BCUT2D eigenvalue weighted by Crippen LogP contribution is 2.43. The van der Waals surface area contributed by atoms with Gasteiger partial charge in [-0.3, -0.25) is 4.79 Å². The van der Waals surface area contributed by atoms with Crippen LogP contribution in [0, 0.1) is 5.92 Å². The molecule has 1 aliphatic rings. The van der Waals surface area contributed by atoms with Crippen LogP contribution >= 0.6 is 0 Å². The van der Waals surface area contributed by atoms with Gasteiger partial charge in [-0.25, -0.2) is 22.8 Å². The first-order valence-electron chi connectivity index (χ1n) is 9.85. The Balaban J connectivity index is 1.70. The lowest BCUT2D eigenvalue weighted by Crippen LogP contribution is -2.29. The van der Waals surface area contributed by atoms with E-state index in [2.05, 4.69) is 18.8 Å². The predicted molar refractivity (Wildman–Crippen MR) is 113 cm³/mol. The summed E-state index contributed by atoms with van der Waals surface area (Å²) in [4.78, 5) is 16.7. The maximum atomic E-state index is 12.3. The molecule has 1 N–H and O–H groups in total. The molecule has 9 heteroatoms. The number of hydrogen-bond donors (Lipinski definition) is 1. The van der Waals surface area contributed by atoms with Crippen molar-refractivity contribution in [3.63, 3.8) is 0 Å². The largest absolute Gasteiger partial charge is 0.477 e. The zero-order valence-corrected chi connectivity index (χ0v) is 17.9. The molecule has 2 heterocycles. The lowest BCUT2D eigenvalue weighted by Gasteiger charge is -2.09. The van der Waals surface area contributed by atoms with E-state index in [0.717, 1.165) is 41.4 Å². The zero-order valence-electron chi connectivity index (χ0n) is 17.1. The monoisotopic (exact) mass is 428 g/mol. The average Bonchev–Trinajstić information content (AvgIpc) is 3.45. The molecule has 3 aromatic rings. The van der Waals surface area contributed by atoms with Gasteiger partial charge in [0, 0.05) is 22.9 Å². The van der Waals surface area contributed by atoms with Crippen molar-refractivity contribution in [3.05, 3.63) is 47.8 Å². The van der Waals surface area contributed by atoms with Gasteiger partial charge < -0.3 is 4.74 Å². The smallest absolute Gasteiger partial charge is 0.264 e. The molecule has 1 amide bonds. The van der Waals surface area contributed by atoms with E-state index < -0.39 is 15.9 Å². The fourth-order valence-corrected chi connectivity index (χ4v) is 3.65. The summed E-state index contributed by atoms with van der Waals surface area (Å²) >= 11 is 0. The van der Waals surface area contributed by atoms with Gasteiger partial charge in [-0.15, -0.1) is 0 Å². The van der Waals surface area contributed by atoms with E-state index in [0.29, 0.717) is 24.3 Å². The van der Waals surface area contributed by atoms with Crippen molar-refractivity contribution in [3.8, 4) is 11.6 Å². The summed E-state index contributed by atoms with van der Waals surface area (Å²) < 4.78 is 32.3. The van der Waals surface area contributed by atoms with Gasteiger partial charge in [-0.05, 0) is 43.0 Å². The van der Waals surface area contributed by atoms with Crippen molar-refractivity contribution in [2.45, 2.75) is 32.6 Å². The predicted octanol–water partition coefficient (Wildman–Crippen LogP) is 3.02. The Bertz CT molecular complexity index is 1200. The molecule has 1 aromatic carbocycles. The van der Waals surface area contributed by atoms with Crippen molar-refractivity contribution in [2.24, 2.45) is 5.92 Å². The minimum atomic E-state index is -3.63. The third-order valence-corrected chi connectivity index (χ3v) is 5.30. The van der Waals surface area contributed by atoms with Crippen molar-refractivity contribution in [1.29, 1.82) is 0 Å². The van der Waals surface area contributed by atoms with Crippen molar-refractivity contribution >= 4 is 26.8 Å². The number of nitrogens with one attached hydrogen (secondary N) is 1. The van der Waals surface area contributed by atoms with E-state index >= 15 is 0 Å². The van der Waals surface area contributed by atoms with Crippen molar-refractivity contribution < 1.29 is 17.9 Å². The Morgan fingerprint density at radius 2 is 2.03 bits per heavy atom. The molecule has 0 bridgehead atoms. The highest BCUT2D eigenvalue weighted by atomic mass is 32.2. The number of ether oxygens (including phenoxy) is 1. The van der Waals surface area contributed by atoms with Crippen LogP contribution in [0.2, 0.25) is 0 Å². The lowest BCUT2D eigenvalue weighted by molar-refractivity contribution is 0.0982. The second-order valence-corrected chi connectivity index (χ2v) is 9.81. The first-order chi connectivity index (χ1) is 14.2. The van der Waals surface area contributed by atoms with Gasteiger partial charge in [-0.1, -0.05) is 13.8 Å². The van der Waals surface area contributed by atoms with E-state index in [-0.39, 0.29) is 5.56 Å². The molecule has 4 rings (SSSR count). The number of benzene rings is 1. The standard InChI is InChI=1S/C21H24N4O4S/c1-13(2)12-29-19-9-7-16(11-22-19)25-18-8-6-15(21(26)24-30(3,27)28)10-17(18)20(23-25)14-4-5-14/h6-11,13-14H,4-5,12H2,1-3H3,(H,24,26). The number of pyridine rings is 1. The number of hydrogen-bond acceptors (Lipinski definition) is 6. The van der Waals surface area contributed by atoms with E-state index in [1.54, 1.807) is 29.1 Å². The number of aromatic nitrogens is 3. The Hall–Kier alpha value is -2.94. The van der Waals surface area contributed by atoms with Crippen LogP contribution < -0.4 is 9.46 Å². The van der Waals surface area contributed by atoms with Crippen LogP contribution in [-0.4, -0.2) is 42.0 Å². The van der Waals surface area contributed by atoms with Crippen LogP contribution in [0.5, 0.6) is 5.88 Å². The SMILES string of the molecule is CC(C)COc1ccc(-n2nc(C3CC3)c3cc(C(=O)NS(C)(=O)=O)ccc32)cn1. The topological polar surface area (TPSA) is 103 Å². The maximum absolute atomic E-state index is 12.3. The molecule has 0 aliphatic heterocycles. The molecule has 0 unspecified atom stereocenters. The molecule has 158 valence electrons. The summed E-state index contributed by atoms with van der Waals surface area (Å²) in [5.41, 5.74) is 2.83. The van der Waals surface area contributed by atoms with Crippen molar-refractivity contribution in [2.75, 3.05) is 12.9 Å². The van der Waals surface area contributed by atoms with E-state index in [1.807, 2.05) is 16.9 Å². The molecule has 0 atom stereocenters. The maximum Gasteiger partial charge on any atom is 0.264 e. The summed E-state index contributed by atoms with van der Waals surface area (Å²) in [5.74, 6) is 0.675. The Labute approximate surface area is 175 Å². The Morgan fingerprint density at radius 1 is 1.27 bits per heavy atom. The van der Waals surface area contributed by atoms with E-state index in [1.165, 1.54) is 0 Å². The zero-order chi connectivity index (χ0) is 21.5. The molecule has 2 aromatic heterocycles. The molecular formula is C21H24N4O4S.